The predicted octanol–water partition coefficient (Wildman–Crippen LogP) is -1.31. The fourth-order valence-electron chi connectivity index (χ4n) is 7.81. The Labute approximate surface area is 424 Å². The van der Waals surface area contributed by atoms with E-state index in [-0.39, 0.29) is 43.7 Å². The topological polar surface area (TPSA) is 355 Å². The van der Waals surface area contributed by atoms with Gasteiger partial charge >= 0.3 is 0 Å². The normalized spacial score (nSPS) is 22.6. The zero-order valence-corrected chi connectivity index (χ0v) is 41.6. The molecule has 1 aliphatic rings. The Hall–Kier alpha value is -6.50. The average Bonchev–Trinajstić information content (AvgIpc) is 3.76. The van der Waals surface area contributed by atoms with Gasteiger partial charge in [-0.1, -0.05) is 100 Å². The Morgan fingerprint density at radius 1 is 0.708 bits per heavy atom. The Balaban J connectivity index is 1.57. The lowest BCUT2D eigenvalue weighted by molar-refractivity contribution is -0.137. The number of H-pyrrole nitrogens is 1. The van der Waals surface area contributed by atoms with Crippen LogP contribution < -0.4 is 54.4 Å². The van der Waals surface area contributed by atoms with E-state index in [0.717, 1.165) is 38.1 Å². The molecule has 0 spiro atoms. The number of aliphatic hydroxyl groups is 2. The molecule has 0 saturated carbocycles. The van der Waals surface area contributed by atoms with Gasteiger partial charge in [-0.15, -0.1) is 0 Å². The first kappa shape index (κ1) is 56.4. The van der Waals surface area contributed by atoms with Gasteiger partial charge in [-0.25, -0.2) is 0 Å². The summed E-state index contributed by atoms with van der Waals surface area (Å²) in [4.78, 5) is 115. The van der Waals surface area contributed by atoms with Crippen LogP contribution in [0.4, 0.5) is 0 Å². The molecule has 388 valence electrons. The van der Waals surface area contributed by atoms with Gasteiger partial charge in [0.15, 0.2) is 0 Å². The summed E-state index contributed by atoms with van der Waals surface area (Å²) in [6, 6.07) is 13.7. The van der Waals surface area contributed by atoms with Gasteiger partial charge in [0.25, 0.3) is 0 Å². The molecule has 23 heteroatoms. The maximum absolute atomic E-state index is 14.7. The zero-order valence-electron chi connectivity index (χ0n) is 40.0. The van der Waals surface area contributed by atoms with Crippen LogP contribution in [0, 0.1) is 0 Å². The van der Waals surface area contributed by atoms with Crippen LogP contribution in [0.3, 0.4) is 0 Å². The van der Waals surface area contributed by atoms with Crippen LogP contribution in [-0.2, 0) is 57.6 Å². The molecule has 4 aromatic rings. The van der Waals surface area contributed by atoms with Gasteiger partial charge in [0.05, 0.1) is 18.2 Å². The maximum atomic E-state index is 14.7. The molecule has 10 atom stereocenters. The number of amides is 8. The fourth-order valence-corrected chi connectivity index (χ4v) is 10.1. The second kappa shape index (κ2) is 27.9. The molecule has 72 heavy (non-hydrogen) atoms. The number of carbonyl (C=O) groups is 8. The highest BCUT2D eigenvalue weighted by Crippen LogP contribution is 2.24. The van der Waals surface area contributed by atoms with Crippen LogP contribution in [0.5, 0.6) is 0 Å². The predicted molar refractivity (Wildman–Crippen MR) is 274 cm³/mol. The number of nitrogens with two attached hydrogens (primary N) is 3. The van der Waals surface area contributed by atoms with Crippen LogP contribution in [0.1, 0.15) is 49.8 Å². The van der Waals surface area contributed by atoms with Crippen LogP contribution in [0.15, 0.2) is 91.1 Å². The van der Waals surface area contributed by atoms with Gasteiger partial charge in [0, 0.05) is 41.4 Å². The molecule has 2 heterocycles. The third-order valence-electron chi connectivity index (χ3n) is 11.8. The number of aromatic nitrogens is 1. The molecule has 3 aromatic carbocycles. The molecular formula is C49H65N11O10S2. The minimum atomic E-state index is -1.71. The third-order valence-corrected chi connectivity index (χ3v) is 14.3. The van der Waals surface area contributed by atoms with Crippen LogP contribution in [0.25, 0.3) is 10.9 Å². The number of primary amides is 1. The maximum Gasteiger partial charge on any atom is 0.245 e. The lowest BCUT2D eigenvalue weighted by Crippen LogP contribution is -2.62. The standard InChI is InChI=1S/C49H65N11O10S2/c1-27(61)40(42(52)63)59-48(69)39-26-72-71-25-38(57-43(64)33(51)21-29-13-5-3-6-14-29)47(68)55-36(22-30-15-7-4-8-16-30)45(66)56-37(23-31-24-53-34-18-10-9-17-32(31)34)46(67)54-35(19-11-12-20-50)44(65)60-41(28(2)62)49(70)58-39/h3-10,13-18,24,27-28,33,35-41,53,61-62H,11-12,19-23,25-26,50-51H2,1-2H3,(H2,52,63)(H,54,67)(H,55,68)(H,56,66)(H,57,64)(H,58,70)(H,59,69)(H,60,65)/t27-,28+,33+,35-,36?,37+,38-,39?,40-,41?/m0/s1. The van der Waals surface area contributed by atoms with Crippen molar-refractivity contribution in [1.29, 1.82) is 0 Å². The summed E-state index contributed by atoms with van der Waals surface area (Å²) >= 11 is 0. The van der Waals surface area contributed by atoms with Crippen molar-refractivity contribution in [2.45, 2.75) is 113 Å². The van der Waals surface area contributed by atoms with Crippen molar-refractivity contribution >= 4 is 79.7 Å². The van der Waals surface area contributed by atoms with Crippen molar-refractivity contribution in [2.75, 3.05) is 18.1 Å². The number of aliphatic hydroxyl groups excluding tert-OH is 2. The number of hydrogen-bond acceptors (Lipinski definition) is 14. The molecule has 1 aromatic heterocycles. The van der Waals surface area contributed by atoms with Crippen LogP contribution >= 0.6 is 21.6 Å². The number of rotatable bonds is 17. The molecule has 16 N–H and O–H groups in total. The van der Waals surface area contributed by atoms with E-state index >= 15 is 0 Å². The minimum Gasteiger partial charge on any atom is -0.391 e. The number of nitrogens with one attached hydrogen (secondary N) is 8. The van der Waals surface area contributed by atoms with Gasteiger partial charge in [-0.3, -0.25) is 38.4 Å². The fraction of sp³-hybridized carbons (Fsp3) is 0.429. The van der Waals surface area contributed by atoms with Crippen molar-refractivity contribution in [3.05, 3.63) is 108 Å². The molecular weight excluding hydrogens is 967 g/mol. The highest BCUT2D eigenvalue weighted by molar-refractivity contribution is 8.76. The van der Waals surface area contributed by atoms with Gasteiger partial charge < -0.3 is 69.6 Å². The third kappa shape index (κ3) is 16.8. The number of para-hydroxylation sites is 1. The summed E-state index contributed by atoms with van der Waals surface area (Å²) in [5.41, 5.74) is 20.4. The summed E-state index contributed by atoms with van der Waals surface area (Å²) in [6.07, 6.45) is -0.557. The first-order chi connectivity index (χ1) is 34.4. The zero-order chi connectivity index (χ0) is 52.3. The first-order valence-electron chi connectivity index (χ1n) is 23.6. The summed E-state index contributed by atoms with van der Waals surface area (Å²) in [5, 5.41) is 40.3. The van der Waals surface area contributed by atoms with Crippen molar-refractivity contribution in [3.8, 4) is 0 Å². The highest BCUT2D eigenvalue weighted by Gasteiger charge is 2.37. The number of carbonyl (C=O) groups excluding carboxylic acids is 8. The number of hydrogen-bond donors (Lipinski definition) is 13. The second-order valence-corrected chi connectivity index (χ2v) is 20.1. The number of benzene rings is 3. The van der Waals surface area contributed by atoms with Crippen LogP contribution in [-0.4, -0.2) is 141 Å². The van der Waals surface area contributed by atoms with Gasteiger partial charge in [0.2, 0.25) is 47.3 Å². The number of unbranched alkanes of at least 4 members (excludes halogenated alkanes) is 1. The van der Waals surface area contributed by atoms with E-state index in [1.165, 1.54) is 13.8 Å². The Kier molecular flexibility index (Phi) is 21.9. The van der Waals surface area contributed by atoms with E-state index in [1.807, 2.05) is 30.3 Å². The summed E-state index contributed by atoms with van der Waals surface area (Å²) in [7, 11) is 1.96. The summed E-state index contributed by atoms with van der Waals surface area (Å²) < 4.78 is 0. The Morgan fingerprint density at radius 2 is 1.29 bits per heavy atom. The molecule has 3 unspecified atom stereocenters. The van der Waals surface area contributed by atoms with Gasteiger partial charge in [-0.2, -0.15) is 0 Å². The van der Waals surface area contributed by atoms with Crippen molar-refractivity contribution in [3.63, 3.8) is 0 Å². The van der Waals surface area contributed by atoms with Gasteiger partial charge in [-0.05, 0) is 68.8 Å². The minimum absolute atomic E-state index is 0.0121. The van der Waals surface area contributed by atoms with E-state index < -0.39 is 108 Å². The average molecular weight is 1030 g/mol. The quantitative estimate of drug-likeness (QED) is 0.0432. The smallest absolute Gasteiger partial charge is 0.245 e. The molecule has 1 saturated heterocycles. The molecule has 5 rings (SSSR count). The monoisotopic (exact) mass is 1030 g/mol. The highest BCUT2D eigenvalue weighted by atomic mass is 33.1. The van der Waals surface area contributed by atoms with E-state index in [4.69, 9.17) is 17.2 Å². The Morgan fingerprint density at radius 3 is 1.93 bits per heavy atom. The number of aromatic amines is 1. The molecule has 0 bridgehead atoms. The number of fused-ring (bicyclic) bond motifs is 1. The molecule has 21 nitrogen and oxygen atoms in total. The largest absolute Gasteiger partial charge is 0.391 e. The lowest BCUT2D eigenvalue weighted by Gasteiger charge is -2.29. The van der Waals surface area contributed by atoms with Crippen molar-refractivity contribution < 1.29 is 48.6 Å². The van der Waals surface area contributed by atoms with Gasteiger partial charge in [0.1, 0.15) is 42.3 Å². The molecule has 0 aliphatic carbocycles. The first-order valence-corrected chi connectivity index (χ1v) is 26.0. The van der Waals surface area contributed by atoms with E-state index in [0.29, 0.717) is 24.0 Å². The van der Waals surface area contributed by atoms with Crippen molar-refractivity contribution in [2.24, 2.45) is 17.2 Å². The van der Waals surface area contributed by atoms with E-state index in [2.05, 4.69) is 42.2 Å². The molecule has 1 aliphatic heterocycles. The SMILES string of the molecule is C[C@H](O)[C@H](NC(=O)C1CSSC[C@H](NC(=O)[C@H](N)Cc2ccccc2)C(=O)NC(Cc2ccccc2)C(=O)N[C@H](Cc2c[nH]c3ccccc23)C(=O)N[C@@H](CCCCN)C(=O)NC([C@@H](C)O)C(=O)N1)C(N)=O. The summed E-state index contributed by atoms with van der Waals surface area (Å²) in [6.45, 7) is 2.70. The van der Waals surface area contributed by atoms with E-state index in [9.17, 15) is 48.6 Å². The van der Waals surface area contributed by atoms with Crippen molar-refractivity contribution in [1.82, 2.24) is 42.2 Å². The lowest BCUT2D eigenvalue weighted by atomic mass is 10.0. The second-order valence-electron chi connectivity index (χ2n) is 17.6. The molecule has 0 radical (unpaired) electrons. The molecule has 8 amide bonds. The summed E-state index contributed by atoms with van der Waals surface area (Å²) in [5.74, 6) is -7.51. The van der Waals surface area contributed by atoms with Crippen LogP contribution in [0.2, 0.25) is 0 Å². The van der Waals surface area contributed by atoms with E-state index in [1.54, 1.807) is 60.8 Å². The Bertz CT molecular complexity index is 2480. The molecule has 1 fully saturated rings.